The minimum Gasteiger partial charge on any atom is -0.496 e. The number of fused-ring (bicyclic) bond motifs is 1. The lowest BCUT2D eigenvalue weighted by atomic mass is 10.0. The van der Waals surface area contributed by atoms with E-state index < -0.39 is 4.92 Å². The summed E-state index contributed by atoms with van der Waals surface area (Å²) in [6.07, 6.45) is -0.155. The van der Waals surface area contributed by atoms with Crippen molar-refractivity contribution in [2.45, 2.75) is 36.1 Å². The topological polar surface area (TPSA) is 124 Å². The first-order valence-corrected chi connectivity index (χ1v) is 14.7. The van der Waals surface area contributed by atoms with Gasteiger partial charge >= 0.3 is 0 Å². The average molecular weight is 593 g/mol. The summed E-state index contributed by atoms with van der Waals surface area (Å²) in [6, 6.07) is 16.8. The third-order valence-electron chi connectivity index (χ3n) is 6.56. The van der Waals surface area contributed by atoms with Crippen LogP contribution >= 0.6 is 23.1 Å². The molecule has 0 aliphatic carbocycles. The van der Waals surface area contributed by atoms with Crippen molar-refractivity contribution in [1.82, 2.24) is 9.88 Å². The molecule has 1 saturated heterocycles. The monoisotopic (exact) mass is 592 g/mol. The summed E-state index contributed by atoms with van der Waals surface area (Å²) in [7, 11) is 1.53. The van der Waals surface area contributed by atoms with E-state index >= 15 is 0 Å². The summed E-state index contributed by atoms with van der Waals surface area (Å²) in [4.78, 5) is 43.8. The Bertz CT molecular complexity index is 1610. The van der Waals surface area contributed by atoms with Gasteiger partial charge in [0.2, 0.25) is 0 Å². The molecule has 12 heteroatoms. The number of hydrogen-bond acceptors (Lipinski definition) is 9. The van der Waals surface area contributed by atoms with Crippen LogP contribution in [0.15, 0.2) is 65.0 Å². The van der Waals surface area contributed by atoms with Crippen LogP contribution in [0, 0.1) is 10.1 Å². The number of nitrogens with one attached hydrogen (secondary N) is 1. The molecule has 2 heterocycles. The van der Waals surface area contributed by atoms with E-state index in [1.165, 1.54) is 42.3 Å². The number of carbonyl (C=O) groups excluding carboxylic acids is 2. The van der Waals surface area contributed by atoms with E-state index in [4.69, 9.17) is 9.47 Å². The summed E-state index contributed by atoms with van der Waals surface area (Å²) >= 11 is 2.91. The number of ether oxygens (including phenoxy) is 2. The van der Waals surface area contributed by atoms with Gasteiger partial charge in [-0.05, 0) is 50.2 Å². The molecule has 5 rings (SSSR count). The van der Waals surface area contributed by atoms with Crippen molar-refractivity contribution in [1.29, 1.82) is 0 Å². The molecule has 1 aromatic heterocycles. The second-order valence-corrected chi connectivity index (χ2v) is 11.9. The lowest BCUT2D eigenvalue weighted by Crippen LogP contribution is -2.48. The largest absolute Gasteiger partial charge is 0.496 e. The molecule has 1 aliphatic rings. The Balaban J connectivity index is 1.30. The summed E-state index contributed by atoms with van der Waals surface area (Å²) in [5.74, 6) is 0.447. The third-order valence-corrected chi connectivity index (χ3v) is 8.77. The summed E-state index contributed by atoms with van der Waals surface area (Å²) in [6.45, 7) is 4.79. The molecule has 0 spiro atoms. The first kappa shape index (κ1) is 28.5. The van der Waals surface area contributed by atoms with Crippen LogP contribution in [0.5, 0.6) is 5.75 Å². The second-order valence-electron chi connectivity index (χ2n) is 9.67. The van der Waals surface area contributed by atoms with Crippen LogP contribution in [-0.2, 0) is 10.5 Å². The zero-order chi connectivity index (χ0) is 29.1. The Morgan fingerprint density at radius 1 is 1.12 bits per heavy atom. The number of anilines is 1. The number of hydrogen-bond donors (Lipinski definition) is 1. The first-order valence-electron chi connectivity index (χ1n) is 12.9. The molecule has 0 radical (unpaired) electrons. The van der Waals surface area contributed by atoms with E-state index in [1.54, 1.807) is 41.3 Å². The number of rotatable bonds is 8. The smallest absolute Gasteiger partial charge is 0.270 e. The Hall–Kier alpha value is -4.00. The molecule has 212 valence electrons. The molecule has 2 atom stereocenters. The maximum atomic E-state index is 13.3. The van der Waals surface area contributed by atoms with E-state index in [0.717, 1.165) is 14.6 Å². The molecule has 4 aromatic rings. The maximum Gasteiger partial charge on any atom is 0.270 e. The highest BCUT2D eigenvalue weighted by atomic mass is 32.2. The van der Waals surface area contributed by atoms with E-state index in [-0.39, 0.29) is 29.7 Å². The molecule has 41 heavy (non-hydrogen) atoms. The van der Waals surface area contributed by atoms with Gasteiger partial charge in [-0.15, -0.1) is 11.3 Å². The lowest BCUT2D eigenvalue weighted by Gasteiger charge is -2.35. The molecule has 3 aromatic carbocycles. The van der Waals surface area contributed by atoms with Crippen molar-refractivity contribution >= 4 is 56.5 Å². The van der Waals surface area contributed by atoms with Gasteiger partial charge in [0.15, 0.2) is 4.34 Å². The highest BCUT2D eigenvalue weighted by Crippen LogP contribution is 2.35. The number of benzene rings is 3. The number of thioether (sulfide) groups is 1. The van der Waals surface area contributed by atoms with Gasteiger partial charge in [0, 0.05) is 42.2 Å². The van der Waals surface area contributed by atoms with E-state index in [0.29, 0.717) is 47.0 Å². The van der Waals surface area contributed by atoms with Crippen molar-refractivity contribution in [2.24, 2.45) is 0 Å². The molecule has 1 fully saturated rings. The SMILES string of the molecule is COc1ccc([N+](=O)[O-])cc1CSc1nc2ccc(NC(=O)c3ccccc3C(=O)N3CC(C)OC(C)C3)cc2s1. The van der Waals surface area contributed by atoms with Crippen molar-refractivity contribution in [3.63, 3.8) is 0 Å². The second kappa shape index (κ2) is 12.2. The number of aromatic nitrogens is 1. The standard InChI is InChI=1S/C29H28N4O6S2/c1-17-14-32(15-18(2)39-17)28(35)23-7-5-4-6-22(23)27(34)30-20-8-10-24-26(13-20)41-29(31-24)40-16-19-12-21(33(36)37)9-11-25(19)38-3/h4-13,17-18H,14-16H2,1-3H3,(H,30,34). The normalized spacial score (nSPS) is 16.9. The fourth-order valence-corrected chi connectivity index (χ4v) is 6.84. The van der Waals surface area contributed by atoms with Gasteiger partial charge < -0.3 is 19.7 Å². The molecule has 1 N–H and O–H groups in total. The molecule has 0 bridgehead atoms. The van der Waals surface area contributed by atoms with Gasteiger partial charge in [-0.3, -0.25) is 19.7 Å². The number of nitro benzene ring substituents is 1. The average Bonchev–Trinajstić information content (AvgIpc) is 3.37. The van der Waals surface area contributed by atoms with Crippen LogP contribution in [0.3, 0.4) is 0 Å². The Morgan fingerprint density at radius 3 is 2.56 bits per heavy atom. The number of methoxy groups -OCH3 is 1. The van der Waals surface area contributed by atoms with Gasteiger partial charge in [-0.2, -0.15) is 0 Å². The van der Waals surface area contributed by atoms with Gasteiger partial charge in [-0.1, -0.05) is 23.9 Å². The van der Waals surface area contributed by atoms with Crippen LogP contribution in [-0.4, -0.2) is 59.0 Å². The third kappa shape index (κ3) is 6.50. The molecule has 2 unspecified atom stereocenters. The number of carbonyl (C=O) groups is 2. The number of nitrogens with zero attached hydrogens (tertiary/aromatic N) is 3. The lowest BCUT2D eigenvalue weighted by molar-refractivity contribution is -0.384. The highest BCUT2D eigenvalue weighted by Gasteiger charge is 2.29. The fraction of sp³-hybridized carbons (Fsp3) is 0.276. The van der Waals surface area contributed by atoms with Crippen LogP contribution in [0.2, 0.25) is 0 Å². The first-order chi connectivity index (χ1) is 19.7. The number of nitro groups is 1. The molecule has 1 aliphatic heterocycles. The number of non-ortho nitro benzene ring substituents is 1. The van der Waals surface area contributed by atoms with Crippen LogP contribution in [0.25, 0.3) is 10.2 Å². The minimum absolute atomic E-state index is 0.00317. The zero-order valence-corrected chi connectivity index (χ0v) is 24.3. The predicted octanol–water partition coefficient (Wildman–Crippen LogP) is 6.01. The van der Waals surface area contributed by atoms with Crippen molar-refractivity contribution < 1.29 is 24.0 Å². The number of thiazole rings is 1. The zero-order valence-electron chi connectivity index (χ0n) is 22.7. The van der Waals surface area contributed by atoms with Crippen molar-refractivity contribution in [3.05, 3.63) is 87.5 Å². The van der Waals surface area contributed by atoms with Gasteiger partial charge in [0.05, 0.1) is 45.6 Å². The van der Waals surface area contributed by atoms with Crippen LogP contribution in [0.1, 0.15) is 40.1 Å². The summed E-state index contributed by atoms with van der Waals surface area (Å²) in [5.41, 5.74) is 2.71. The predicted molar refractivity (Wildman–Crippen MR) is 159 cm³/mol. The Labute approximate surface area is 244 Å². The van der Waals surface area contributed by atoms with Crippen molar-refractivity contribution in [2.75, 3.05) is 25.5 Å². The van der Waals surface area contributed by atoms with Gasteiger partial charge in [0.1, 0.15) is 5.75 Å². The molecule has 0 saturated carbocycles. The fourth-order valence-electron chi connectivity index (χ4n) is 4.75. The van der Waals surface area contributed by atoms with Gasteiger partial charge in [0.25, 0.3) is 17.5 Å². The Kier molecular flexibility index (Phi) is 8.52. The maximum absolute atomic E-state index is 13.3. The molecular weight excluding hydrogens is 564 g/mol. The number of amides is 2. The summed E-state index contributed by atoms with van der Waals surface area (Å²) < 4.78 is 12.8. The van der Waals surface area contributed by atoms with E-state index in [1.807, 2.05) is 26.0 Å². The van der Waals surface area contributed by atoms with E-state index in [9.17, 15) is 19.7 Å². The molecule has 10 nitrogen and oxygen atoms in total. The van der Waals surface area contributed by atoms with E-state index in [2.05, 4.69) is 10.3 Å². The summed E-state index contributed by atoms with van der Waals surface area (Å²) in [5, 5.41) is 14.1. The quantitative estimate of drug-likeness (QED) is 0.150. The Morgan fingerprint density at radius 2 is 1.85 bits per heavy atom. The molecular formula is C29H28N4O6S2. The number of morpholine rings is 1. The van der Waals surface area contributed by atoms with Crippen LogP contribution in [0.4, 0.5) is 11.4 Å². The molecule has 2 amide bonds. The van der Waals surface area contributed by atoms with Crippen LogP contribution < -0.4 is 10.1 Å². The highest BCUT2D eigenvalue weighted by molar-refractivity contribution is 8.00. The van der Waals surface area contributed by atoms with Gasteiger partial charge in [-0.25, -0.2) is 4.98 Å². The minimum atomic E-state index is -0.432. The van der Waals surface area contributed by atoms with Crippen molar-refractivity contribution in [3.8, 4) is 5.75 Å².